The van der Waals surface area contributed by atoms with Crippen LogP contribution in [-0.4, -0.2) is 30.1 Å². The topological polar surface area (TPSA) is 15.3 Å². The Hall–Kier alpha value is 0.780. The number of likely N-dealkylation sites (N-methyl/N-ethyl adjacent to an activating group) is 1. The molecule has 4 heteroatoms. The lowest BCUT2D eigenvalue weighted by molar-refractivity contribution is 0.527. The molecule has 1 rings (SSSR count). The molecule has 68 valence electrons. The maximum atomic E-state index is 3.26. The summed E-state index contributed by atoms with van der Waals surface area (Å²) < 4.78 is 2.27. The van der Waals surface area contributed by atoms with Crippen molar-refractivity contribution in [3.8, 4) is 0 Å². The molecule has 0 spiro atoms. The van der Waals surface area contributed by atoms with Crippen molar-refractivity contribution >= 4 is 18.6 Å². The molecule has 1 aliphatic rings. The molecule has 1 saturated heterocycles. The molecule has 0 aromatic carbocycles. The van der Waals surface area contributed by atoms with Gasteiger partial charge in [-0.3, -0.25) is 4.67 Å². The summed E-state index contributed by atoms with van der Waals surface area (Å²) in [5.41, 5.74) is 0. The molecule has 1 N–H and O–H groups in total. The zero-order chi connectivity index (χ0) is 8.85. The van der Waals surface area contributed by atoms with Crippen LogP contribution in [0.1, 0.15) is 20.3 Å². The molecule has 0 aromatic rings. The van der Waals surface area contributed by atoms with E-state index in [-0.39, 0.29) is 0 Å². The highest BCUT2D eigenvalue weighted by Crippen LogP contribution is 2.25. The van der Waals surface area contributed by atoms with Gasteiger partial charge in [0.15, 0.2) is 0 Å². The average molecular weight is 194 g/mol. The summed E-state index contributed by atoms with van der Waals surface area (Å²) in [5.74, 6) is 0.646. The first-order valence-electron chi connectivity index (χ1n) is 4.18. The Morgan fingerprint density at radius 1 is 1.45 bits per heavy atom. The second-order valence-corrected chi connectivity index (χ2v) is 3.92. The first kappa shape index (κ1) is 11.8. The molecule has 0 bridgehead atoms. The van der Waals surface area contributed by atoms with Crippen LogP contribution in [0.15, 0.2) is 0 Å². The largest absolute Gasteiger partial charge is 0.316 e. The van der Waals surface area contributed by atoms with Gasteiger partial charge >= 0.3 is 0 Å². The number of nitrogens with zero attached hydrogens (tertiary/aromatic N) is 1. The van der Waals surface area contributed by atoms with Crippen molar-refractivity contribution in [3.05, 3.63) is 0 Å². The van der Waals surface area contributed by atoms with E-state index in [1.54, 1.807) is 0 Å². The second-order valence-electron chi connectivity index (χ2n) is 2.49. The highest BCUT2D eigenvalue weighted by atomic mass is 31.0. The van der Waals surface area contributed by atoms with Crippen LogP contribution in [-0.2, 0) is 0 Å². The van der Waals surface area contributed by atoms with Gasteiger partial charge in [0.05, 0.1) is 0 Å². The first-order valence-corrected chi connectivity index (χ1v) is 5.36. The van der Waals surface area contributed by atoms with Crippen molar-refractivity contribution in [1.82, 2.24) is 9.99 Å². The predicted octanol–water partition coefficient (Wildman–Crippen LogP) is 1.30. The minimum Gasteiger partial charge on any atom is -0.316 e. The minimum absolute atomic E-state index is 0.646. The maximum absolute atomic E-state index is 3.26. The van der Waals surface area contributed by atoms with Crippen LogP contribution in [0.3, 0.4) is 0 Å². The molecule has 1 aliphatic heterocycles. The van der Waals surface area contributed by atoms with Gasteiger partial charge in [0.25, 0.3) is 0 Å². The molecular weight excluding hydrogens is 174 g/mol. The molecule has 4 atom stereocenters. The fourth-order valence-electron chi connectivity index (χ4n) is 1.10. The van der Waals surface area contributed by atoms with Gasteiger partial charge in [-0.15, -0.1) is 9.24 Å². The Kier molecular flexibility index (Phi) is 6.76. The Morgan fingerprint density at radius 2 is 2.00 bits per heavy atom. The first-order chi connectivity index (χ1) is 5.24. The summed E-state index contributed by atoms with van der Waals surface area (Å²) in [6.07, 6.45) is 1.24. The summed E-state index contributed by atoms with van der Waals surface area (Å²) >= 11 is 0. The molecule has 4 unspecified atom stereocenters. The van der Waals surface area contributed by atoms with E-state index < -0.39 is 0 Å². The minimum atomic E-state index is 0.646. The molecule has 1 fully saturated rings. The number of hydrogen-bond donors (Lipinski definition) is 1. The molecule has 1 heterocycles. The zero-order valence-corrected chi connectivity index (χ0v) is 9.98. The van der Waals surface area contributed by atoms with Gasteiger partial charge in [0, 0.05) is 18.4 Å². The molecule has 0 saturated carbocycles. The van der Waals surface area contributed by atoms with E-state index in [0.717, 1.165) is 6.54 Å². The average Bonchev–Trinajstić information content (AvgIpc) is 2.36. The van der Waals surface area contributed by atoms with Crippen LogP contribution in [0.2, 0.25) is 0 Å². The van der Waals surface area contributed by atoms with Crippen LogP contribution in [0, 0.1) is 0 Å². The molecule has 2 nitrogen and oxygen atoms in total. The second kappa shape index (κ2) is 6.31. The van der Waals surface area contributed by atoms with Crippen molar-refractivity contribution < 1.29 is 0 Å². The van der Waals surface area contributed by atoms with E-state index in [4.69, 9.17) is 0 Å². The third-order valence-corrected chi connectivity index (χ3v) is 3.38. The quantitative estimate of drug-likeness (QED) is 0.633. The van der Waals surface area contributed by atoms with Gasteiger partial charge < -0.3 is 5.32 Å². The lowest BCUT2D eigenvalue weighted by Crippen LogP contribution is -2.26. The van der Waals surface area contributed by atoms with Gasteiger partial charge in [-0.2, -0.15) is 0 Å². The SMILES string of the molecule is CC.CNC1CC(P)N(P)C1. The molecule has 0 aliphatic carbocycles. The highest BCUT2D eigenvalue weighted by Gasteiger charge is 2.24. The Bertz CT molecular complexity index is 90.4. The number of nitrogens with one attached hydrogen (secondary N) is 1. The zero-order valence-electron chi connectivity index (χ0n) is 7.67. The van der Waals surface area contributed by atoms with Crippen LogP contribution in [0.25, 0.3) is 0 Å². The van der Waals surface area contributed by atoms with Crippen molar-refractivity contribution in [2.45, 2.75) is 32.1 Å². The standard InChI is InChI=1S/C5H14N2P2.C2H6/c1-6-4-2-5(8)7(9)3-4;1-2/h4-6H,2-3,8-9H2,1H3;1-2H3. The third-order valence-electron chi connectivity index (χ3n) is 1.79. The van der Waals surface area contributed by atoms with E-state index >= 15 is 0 Å². The van der Waals surface area contributed by atoms with Gasteiger partial charge in [0.2, 0.25) is 0 Å². The molecular formula is C7H20N2P2. The Balaban J connectivity index is 0.000000461. The smallest absolute Gasteiger partial charge is 0.0287 e. The van der Waals surface area contributed by atoms with Gasteiger partial charge in [-0.1, -0.05) is 23.2 Å². The predicted molar refractivity (Wildman–Crippen MR) is 58.7 cm³/mol. The number of rotatable bonds is 1. The summed E-state index contributed by atoms with van der Waals surface area (Å²) in [4.78, 5) is 0. The lowest BCUT2D eigenvalue weighted by atomic mass is 10.3. The van der Waals surface area contributed by atoms with Crippen LogP contribution in [0.5, 0.6) is 0 Å². The Labute approximate surface area is 75.0 Å². The Morgan fingerprint density at radius 3 is 2.18 bits per heavy atom. The normalized spacial score (nSPS) is 31.4. The van der Waals surface area contributed by atoms with Crippen molar-refractivity contribution in [2.24, 2.45) is 0 Å². The maximum Gasteiger partial charge on any atom is 0.0287 e. The molecule has 0 radical (unpaired) electrons. The molecule has 0 amide bonds. The monoisotopic (exact) mass is 194 g/mol. The summed E-state index contributed by atoms with van der Waals surface area (Å²) in [7, 11) is 7.59. The van der Waals surface area contributed by atoms with Crippen molar-refractivity contribution in [1.29, 1.82) is 0 Å². The highest BCUT2D eigenvalue weighted by molar-refractivity contribution is 7.20. The van der Waals surface area contributed by atoms with Gasteiger partial charge in [-0.05, 0) is 13.5 Å². The van der Waals surface area contributed by atoms with Crippen LogP contribution < -0.4 is 5.32 Å². The summed E-state index contributed by atoms with van der Waals surface area (Å²) in [6, 6.07) is 0.685. The van der Waals surface area contributed by atoms with Crippen molar-refractivity contribution in [2.75, 3.05) is 13.6 Å². The van der Waals surface area contributed by atoms with E-state index in [0.29, 0.717) is 11.8 Å². The third kappa shape index (κ3) is 3.80. The van der Waals surface area contributed by atoms with E-state index in [1.807, 2.05) is 20.9 Å². The fraction of sp³-hybridized carbons (Fsp3) is 1.00. The van der Waals surface area contributed by atoms with Crippen LogP contribution >= 0.6 is 18.6 Å². The van der Waals surface area contributed by atoms with Crippen LogP contribution in [0.4, 0.5) is 0 Å². The van der Waals surface area contributed by atoms with E-state index in [9.17, 15) is 0 Å². The lowest BCUT2D eigenvalue weighted by Gasteiger charge is -2.11. The van der Waals surface area contributed by atoms with E-state index in [1.165, 1.54) is 6.42 Å². The molecule has 11 heavy (non-hydrogen) atoms. The van der Waals surface area contributed by atoms with Gasteiger partial charge in [-0.25, -0.2) is 0 Å². The summed E-state index contributed by atoms with van der Waals surface area (Å²) in [6.45, 7) is 5.15. The summed E-state index contributed by atoms with van der Waals surface area (Å²) in [5, 5.41) is 3.26. The molecule has 0 aromatic heterocycles. The fourth-order valence-corrected chi connectivity index (χ4v) is 1.93. The van der Waals surface area contributed by atoms with E-state index in [2.05, 4.69) is 28.6 Å². The van der Waals surface area contributed by atoms with Crippen molar-refractivity contribution in [3.63, 3.8) is 0 Å². The number of hydrogen-bond acceptors (Lipinski definition) is 2. The van der Waals surface area contributed by atoms with Gasteiger partial charge in [0.1, 0.15) is 0 Å².